The van der Waals surface area contributed by atoms with Gasteiger partial charge in [-0.1, -0.05) is 124 Å². The Hall–Kier alpha value is -7.22. The lowest BCUT2D eigenvalue weighted by molar-refractivity contribution is -0.380. The van der Waals surface area contributed by atoms with Crippen molar-refractivity contribution >= 4 is 32.2 Å². The molecule has 9 rings (SSSR count). The van der Waals surface area contributed by atoms with E-state index >= 15 is 0 Å². The minimum atomic E-state index is -2.64. The maximum absolute atomic E-state index is 14.6. The molecule has 6 aromatic rings. The molecular formula is C60H62O16Si. The van der Waals surface area contributed by atoms with Crippen LogP contribution in [0.3, 0.4) is 0 Å². The number of esters is 4. The fourth-order valence-corrected chi connectivity index (χ4v) is 9.75. The highest BCUT2D eigenvalue weighted by Gasteiger charge is 2.59. The average molecular weight is 1070 g/mol. The fourth-order valence-electron chi connectivity index (χ4n) is 8.74. The number of benzene rings is 6. The number of carbonyl (C=O) groups is 4. The molecule has 3 fully saturated rings. The van der Waals surface area contributed by atoms with Crippen LogP contribution in [0.5, 0.6) is 11.5 Å². The van der Waals surface area contributed by atoms with Gasteiger partial charge in [-0.3, -0.25) is 0 Å². The molecule has 0 unspecified atom stereocenters. The quantitative estimate of drug-likeness (QED) is 0.0478. The van der Waals surface area contributed by atoms with Gasteiger partial charge in [0, 0.05) is 5.56 Å². The van der Waals surface area contributed by atoms with Gasteiger partial charge >= 0.3 is 23.9 Å². The molecule has 3 aliphatic rings. The van der Waals surface area contributed by atoms with Crippen LogP contribution in [-0.4, -0.2) is 114 Å². The van der Waals surface area contributed by atoms with Crippen LogP contribution in [0.2, 0.25) is 18.1 Å². The lowest BCUT2D eigenvalue weighted by atomic mass is 9.95. The van der Waals surface area contributed by atoms with E-state index in [1.165, 1.54) is 7.11 Å². The Kier molecular flexibility index (Phi) is 17.3. The van der Waals surface area contributed by atoms with Crippen molar-refractivity contribution in [3.05, 3.63) is 204 Å². The zero-order valence-electron chi connectivity index (χ0n) is 43.5. The van der Waals surface area contributed by atoms with E-state index < -0.39 is 99.9 Å². The van der Waals surface area contributed by atoms with Crippen LogP contribution >= 0.6 is 0 Å². The van der Waals surface area contributed by atoms with Crippen molar-refractivity contribution in [2.45, 2.75) is 107 Å². The van der Waals surface area contributed by atoms with Gasteiger partial charge in [0.05, 0.1) is 42.6 Å². The second kappa shape index (κ2) is 24.4. The molecule has 11 atom stereocenters. The molecule has 0 N–H and O–H groups in total. The highest BCUT2D eigenvalue weighted by Crippen LogP contribution is 2.42. The van der Waals surface area contributed by atoms with Crippen molar-refractivity contribution in [1.29, 1.82) is 0 Å². The number of methoxy groups -OCH3 is 1. The van der Waals surface area contributed by atoms with Crippen molar-refractivity contribution in [3.8, 4) is 11.5 Å². The summed E-state index contributed by atoms with van der Waals surface area (Å²) < 4.78 is 78.6. The summed E-state index contributed by atoms with van der Waals surface area (Å²) in [5.74, 6) is -2.35. The second-order valence-electron chi connectivity index (χ2n) is 20.2. The third-order valence-electron chi connectivity index (χ3n) is 14.0. The second-order valence-corrected chi connectivity index (χ2v) is 25.0. The van der Waals surface area contributed by atoms with E-state index in [2.05, 4.69) is 33.9 Å². The van der Waals surface area contributed by atoms with E-state index in [9.17, 15) is 19.2 Å². The van der Waals surface area contributed by atoms with Crippen LogP contribution in [0.4, 0.5) is 0 Å². The summed E-state index contributed by atoms with van der Waals surface area (Å²) in [5, 5.41) is -0.295. The molecule has 0 spiro atoms. The molecule has 0 saturated carbocycles. The Morgan fingerprint density at radius 3 is 1.40 bits per heavy atom. The van der Waals surface area contributed by atoms with Crippen LogP contribution in [0.15, 0.2) is 176 Å². The van der Waals surface area contributed by atoms with Crippen molar-refractivity contribution < 1.29 is 75.7 Å². The number of ether oxygens (including phenoxy) is 11. The van der Waals surface area contributed by atoms with Gasteiger partial charge in [-0.2, -0.15) is 0 Å². The number of rotatable bonds is 17. The molecule has 3 saturated heterocycles. The van der Waals surface area contributed by atoms with Gasteiger partial charge in [0.15, 0.2) is 39.2 Å². The van der Waals surface area contributed by atoms with E-state index in [-0.39, 0.29) is 46.3 Å². The molecule has 3 heterocycles. The van der Waals surface area contributed by atoms with Gasteiger partial charge in [-0.15, -0.1) is 0 Å². The zero-order valence-corrected chi connectivity index (χ0v) is 44.5. The van der Waals surface area contributed by atoms with Crippen molar-refractivity contribution in [2.75, 3.05) is 20.3 Å². The number of fused-ring (bicyclic) bond motifs is 1. The van der Waals surface area contributed by atoms with E-state index in [1.807, 2.05) is 30.3 Å². The Labute approximate surface area is 448 Å². The Balaban J connectivity index is 1.18. The Morgan fingerprint density at radius 1 is 0.506 bits per heavy atom. The summed E-state index contributed by atoms with van der Waals surface area (Å²) in [6, 6.07) is 49.0. The van der Waals surface area contributed by atoms with Crippen LogP contribution in [0.25, 0.3) is 0 Å². The van der Waals surface area contributed by atoms with Gasteiger partial charge in [0.2, 0.25) is 12.4 Å². The molecule has 16 nitrogen and oxygen atoms in total. The molecular weight excluding hydrogens is 1000 g/mol. The minimum Gasteiger partial charge on any atom is -0.497 e. The SMILES string of the molecule is COc1ccc(O[C@@H]2O[C@H](CO[Si](C)(C)C(C)(C)C)[C@@H](O[C@H]3O[C@@H]4CO[C@@H](c5ccccc5)O[C@H]4[C@H](OC(=O)c4ccccc4)[C@H]3OC(=O)c3ccccc3)[C@H](OC(=O)c3ccccc3)[C@H]2OC(=O)c2ccccc2)cc1. The van der Waals surface area contributed by atoms with Crippen molar-refractivity contribution in [3.63, 3.8) is 0 Å². The van der Waals surface area contributed by atoms with E-state index in [0.717, 1.165) is 0 Å². The van der Waals surface area contributed by atoms with Crippen molar-refractivity contribution in [1.82, 2.24) is 0 Å². The summed E-state index contributed by atoms with van der Waals surface area (Å²) in [4.78, 5) is 57.8. The van der Waals surface area contributed by atoms with Gasteiger partial charge in [0.1, 0.15) is 35.9 Å². The van der Waals surface area contributed by atoms with E-state index in [1.54, 1.807) is 146 Å². The average Bonchev–Trinajstić information content (AvgIpc) is 3.50. The predicted octanol–water partition coefficient (Wildman–Crippen LogP) is 9.95. The zero-order chi connectivity index (χ0) is 54.1. The lowest BCUT2D eigenvalue weighted by Crippen LogP contribution is -2.68. The highest BCUT2D eigenvalue weighted by molar-refractivity contribution is 6.74. The van der Waals surface area contributed by atoms with Crippen LogP contribution in [0.1, 0.15) is 74.1 Å². The van der Waals surface area contributed by atoms with Gasteiger partial charge in [0.25, 0.3) is 0 Å². The lowest BCUT2D eigenvalue weighted by Gasteiger charge is -2.51. The molecule has 0 radical (unpaired) electrons. The van der Waals surface area contributed by atoms with Gasteiger partial charge < -0.3 is 56.5 Å². The topological polar surface area (TPSA) is 179 Å². The first-order chi connectivity index (χ1) is 37.2. The number of hydrogen-bond donors (Lipinski definition) is 0. The molecule has 0 aromatic heterocycles. The minimum absolute atomic E-state index is 0.108. The largest absolute Gasteiger partial charge is 0.497 e. The van der Waals surface area contributed by atoms with E-state index in [0.29, 0.717) is 11.3 Å². The molecule has 402 valence electrons. The standard InChI is InChI=1S/C60H62O16Si/c1-60(2,3)77(5,6)67-37-46-48(50(72-54(62)39-24-14-8-15-25-39)51(73-55(63)40-26-16-9-17-27-40)58(70-46)68-44-34-32-43(65-4)33-35-44)76-59-52(74-56(64)41-28-18-10-19-29-41)49(71-53(61)38-22-12-7-13-23-38)47-45(69-59)36-66-57(75-47)42-30-20-11-21-31-42/h7-35,45-52,57-59H,36-37H2,1-6H3/t45-,46-,47-,48-,49+,50+,51-,52-,57-,58-,59-/m1/s1. The van der Waals surface area contributed by atoms with E-state index in [4.69, 9.17) is 56.5 Å². The number of hydrogen-bond acceptors (Lipinski definition) is 16. The summed E-state index contributed by atoms with van der Waals surface area (Å²) >= 11 is 0. The Bertz CT molecular complexity index is 2890. The maximum Gasteiger partial charge on any atom is 0.338 e. The summed E-state index contributed by atoms with van der Waals surface area (Å²) in [5.41, 5.74) is 1.38. The van der Waals surface area contributed by atoms with Crippen LogP contribution in [-0.2, 0) is 47.1 Å². The molecule has 0 bridgehead atoms. The molecule has 0 aliphatic carbocycles. The first-order valence-electron chi connectivity index (χ1n) is 25.4. The third-order valence-corrected chi connectivity index (χ3v) is 18.5. The monoisotopic (exact) mass is 1070 g/mol. The summed E-state index contributed by atoms with van der Waals surface area (Å²) in [6.45, 7) is 10.1. The van der Waals surface area contributed by atoms with Gasteiger partial charge in [-0.05, 0) is 90.9 Å². The van der Waals surface area contributed by atoms with Crippen LogP contribution < -0.4 is 9.47 Å². The van der Waals surface area contributed by atoms with Crippen LogP contribution in [0, 0.1) is 0 Å². The maximum atomic E-state index is 14.6. The first-order valence-corrected chi connectivity index (χ1v) is 28.3. The highest BCUT2D eigenvalue weighted by atomic mass is 28.4. The third kappa shape index (κ3) is 13.1. The Morgan fingerprint density at radius 2 is 0.935 bits per heavy atom. The first kappa shape index (κ1) is 54.6. The fraction of sp³-hybridized carbons (Fsp3) is 0.333. The smallest absolute Gasteiger partial charge is 0.338 e. The molecule has 17 heteroatoms. The summed E-state index contributed by atoms with van der Waals surface area (Å²) in [7, 11) is -1.10. The molecule has 0 amide bonds. The number of carbonyl (C=O) groups excluding carboxylic acids is 4. The normalized spacial score (nSPS) is 25.2. The predicted molar refractivity (Wildman–Crippen MR) is 282 cm³/mol. The van der Waals surface area contributed by atoms with Crippen molar-refractivity contribution in [2.24, 2.45) is 0 Å². The summed E-state index contributed by atoms with van der Waals surface area (Å²) in [6.07, 6.45) is -15.2. The van der Waals surface area contributed by atoms with Gasteiger partial charge in [-0.25, -0.2) is 19.2 Å². The molecule has 77 heavy (non-hydrogen) atoms. The molecule has 3 aliphatic heterocycles. The molecule has 6 aromatic carbocycles.